The third kappa shape index (κ3) is 4.89. The number of likely N-dealkylation sites (tertiary alicyclic amines) is 1. The maximum atomic E-state index is 13.3. The van der Waals surface area contributed by atoms with Gasteiger partial charge in [-0.2, -0.15) is 0 Å². The Bertz CT molecular complexity index is 1070. The molecule has 4 atom stereocenters. The van der Waals surface area contributed by atoms with E-state index in [0.717, 1.165) is 22.3 Å². The molecule has 186 valence electrons. The van der Waals surface area contributed by atoms with E-state index in [1.807, 2.05) is 50.2 Å². The van der Waals surface area contributed by atoms with Gasteiger partial charge in [0.25, 0.3) is 0 Å². The molecule has 1 saturated heterocycles. The number of β-amino-alcohol motifs (C(OH)–C–C–N with tert-alkyl or cyclic N) is 1. The van der Waals surface area contributed by atoms with Gasteiger partial charge in [0.15, 0.2) is 0 Å². The van der Waals surface area contributed by atoms with Crippen LogP contribution in [-0.4, -0.2) is 64.4 Å². The van der Waals surface area contributed by atoms with Crippen molar-refractivity contribution in [2.45, 2.75) is 51.3 Å². The quantitative estimate of drug-likeness (QED) is 0.560. The third-order valence-electron chi connectivity index (χ3n) is 7.08. The van der Waals surface area contributed by atoms with Gasteiger partial charge < -0.3 is 25.2 Å². The molecule has 1 fully saturated rings. The van der Waals surface area contributed by atoms with E-state index in [4.69, 9.17) is 4.74 Å². The van der Waals surface area contributed by atoms with Crippen molar-refractivity contribution < 1.29 is 29.3 Å². The summed E-state index contributed by atoms with van der Waals surface area (Å²) in [5, 5.41) is 22.2. The first-order chi connectivity index (χ1) is 16.7. The highest BCUT2D eigenvalue weighted by molar-refractivity contribution is 5.87. The molecule has 0 aromatic heterocycles. The Morgan fingerprint density at radius 1 is 1.03 bits per heavy atom. The van der Waals surface area contributed by atoms with Crippen molar-refractivity contribution in [2.24, 2.45) is 11.8 Å². The standard InChI is InChI=1S/C27H32N2O6/c1-15(2)24(25(31)29-13-17(30)12-23(29)26(32)33)16(3)28-27(34)35-14-22-20-10-6-4-8-18(20)19-9-5-7-11-21(19)22/h4-11,15-17,22-24,30H,12-14H2,1-3H3,(H,28,34)(H,32,33)/t16?,17-,23-,24?/m0/s1. The van der Waals surface area contributed by atoms with Gasteiger partial charge in [0.2, 0.25) is 5.91 Å². The lowest BCUT2D eigenvalue weighted by Gasteiger charge is -2.32. The molecule has 1 aliphatic heterocycles. The largest absolute Gasteiger partial charge is 0.480 e. The normalized spacial score (nSPS) is 20.8. The first kappa shape index (κ1) is 24.7. The zero-order valence-electron chi connectivity index (χ0n) is 20.2. The smallest absolute Gasteiger partial charge is 0.407 e. The van der Waals surface area contributed by atoms with E-state index in [1.54, 1.807) is 6.92 Å². The number of aliphatic carboxylic acids is 1. The second kappa shape index (κ2) is 10.1. The van der Waals surface area contributed by atoms with Crippen molar-refractivity contribution in [2.75, 3.05) is 13.2 Å². The van der Waals surface area contributed by atoms with Crippen molar-refractivity contribution in [3.8, 4) is 11.1 Å². The van der Waals surface area contributed by atoms with Crippen LogP contribution in [0.3, 0.4) is 0 Å². The molecule has 4 rings (SSSR count). The van der Waals surface area contributed by atoms with Crippen LogP contribution in [0, 0.1) is 11.8 Å². The summed E-state index contributed by atoms with van der Waals surface area (Å²) in [6, 6.07) is 14.5. The molecule has 8 heteroatoms. The number of carbonyl (C=O) groups excluding carboxylic acids is 2. The Morgan fingerprint density at radius 2 is 1.60 bits per heavy atom. The number of aliphatic hydroxyl groups is 1. The highest BCUT2D eigenvalue weighted by atomic mass is 16.5. The summed E-state index contributed by atoms with van der Waals surface area (Å²) < 4.78 is 5.61. The molecule has 2 unspecified atom stereocenters. The number of hydrogen-bond donors (Lipinski definition) is 3. The fraction of sp³-hybridized carbons (Fsp3) is 0.444. The van der Waals surface area contributed by atoms with Gasteiger partial charge in [-0.05, 0) is 35.1 Å². The van der Waals surface area contributed by atoms with Crippen LogP contribution in [0.25, 0.3) is 11.1 Å². The highest BCUT2D eigenvalue weighted by Gasteiger charge is 2.43. The summed E-state index contributed by atoms with van der Waals surface area (Å²) in [7, 11) is 0. The van der Waals surface area contributed by atoms with E-state index in [2.05, 4.69) is 17.4 Å². The number of hydrogen-bond acceptors (Lipinski definition) is 5. The van der Waals surface area contributed by atoms with Crippen LogP contribution in [-0.2, 0) is 14.3 Å². The first-order valence-electron chi connectivity index (χ1n) is 12.0. The van der Waals surface area contributed by atoms with Crippen molar-refractivity contribution >= 4 is 18.0 Å². The molecule has 1 aliphatic carbocycles. The van der Waals surface area contributed by atoms with Gasteiger partial charge in [-0.1, -0.05) is 62.4 Å². The Morgan fingerprint density at radius 3 is 2.14 bits per heavy atom. The van der Waals surface area contributed by atoms with E-state index < -0.39 is 42.1 Å². The summed E-state index contributed by atoms with van der Waals surface area (Å²) in [4.78, 5) is 38.8. The monoisotopic (exact) mass is 480 g/mol. The molecule has 0 bridgehead atoms. The number of benzene rings is 2. The maximum absolute atomic E-state index is 13.3. The molecular formula is C27H32N2O6. The molecule has 35 heavy (non-hydrogen) atoms. The summed E-state index contributed by atoms with van der Waals surface area (Å²) in [6.45, 7) is 5.54. The van der Waals surface area contributed by atoms with Crippen LogP contribution in [0.5, 0.6) is 0 Å². The molecule has 0 spiro atoms. The van der Waals surface area contributed by atoms with Gasteiger partial charge in [0.1, 0.15) is 12.6 Å². The van der Waals surface area contributed by atoms with Gasteiger partial charge in [0, 0.05) is 24.9 Å². The van der Waals surface area contributed by atoms with Crippen LogP contribution < -0.4 is 5.32 Å². The number of ether oxygens (including phenoxy) is 1. The topological polar surface area (TPSA) is 116 Å². The fourth-order valence-electron chi connectivity index (χ4n) is 5.48. The number of amides is 2. The summed E-state index contributed by atoms with van der Waals surface area (Å²) in [5.74, 6) is -2.44. The Hall–Kier alpha value is -3.39. The first-order valence-corrected chi connectivity index (χ1v) is 12.0. The predicted molar refractivity (Wildman–Crippen MR) is 130 cm³/mol. The van der Waals surface area contributed by atoms with E-state index in [0.29, 0.717) is 0 Å². The molecule has 3 N–H and O–H groups in total. The minimum absolute atomic E-state index is 0.0000759. The molecule has 8 nitrogen and oxygen atoms in total. The minimum Gasteiger partial charge on any atom is -0.480 e. The molecule has 2 aromatic rings. The van der Waals surface area contributed by atoms with E-state index in [1.165, 1.54) is 4.90 Å². The highest BCUT2D eigenvalue weighted by Crippen LogP contribution is 2.44. The Kier molecular flexibility index (Phi) is 7.12. The molecule has 2 aromatic carbocycles. The van der Waals surface area contributed by atoms with Gasteiger partial charge in [-0.3, -0.25) is 4.79 Å². The number of nitrogens with one attached hydrogen (secondary N) is 1. The van der Waals surface area contributed by atoms with Crippen molar-refractivity contribution in [3.05, 3.63) is 59.7 Å². The molecule has 0 radical (unpaired) electrons. The third-order valence-corrected chi connectivity index (χ3v) is 7.08. The van der Waals surface area contributed by atoms with Crippen LogP contribution in [0.15, 0.2) is 48.5 Å². The van der Waals surface area contributed by atoms with Gasteiger partial charge in [-0.25, -0.2) is 9.59 Å². The van der Waals surface area contributed by atoms with Crippen LogP contribution in [0.2, 0.25) is 0 Å². The van der Waals surface area contributed by atoms with Crippen molar-refractivity contribution in [1.82, 2.24) is 10.2 Å². The number of carbonyl (C=O) groups is 3. The van der Waals surface area contributed by atoms with Crippen LogP contribution >= 0.6 is 0 Å². The molecule has 1 heterocycles. The average molecular weight is 481 g/mol. The number of rotatable bonds is 7. The number of fused-ring (bicyclic) bond motifs is 3. The summed E-state index contributed by atoms with van der Waals surface area (Å²) in [6.07, 6.45) is -1.51. The lowest BCUT2D eigenvalue weighted by molar-refractivity contribution is -0.151. The zero-order valence-corrected chi connectivity index (χ0v) is 20.2. The summed E-state index contributed by atoms with van der Waals surface area (Å²) in [5.41, 5.74) is 4.49. The molecule has 2 aliphatic rings. The molecule has 2 amide bonds. The number of carboxylic acids is 1. The second-order valence-electron chi connectivity index (χ2n) is 9.76. The summed E-state index contributed by atoms with van der Waals surface area (Å²) >= 11 is 0. The lowest BCUT2D eigenvalue weighted by atomic mass is 9.87. The van der Waals surface area contributed by atoms with Crippen molar-refractivity contribution in [1.29, 1.82) is 0 Å². The van der Waals surface area contributed by atoms with Crippen molar-refractivity contribution in [3.63, 3.8) is 0 Å². The molecule has 0 saturated carbocycles. The van der Waals surface area contributed by atoms with E-state index in [9.17, 15) is 24.6 Å². The van der Waals surface area contributed by atoms with Crippen LogP contribution in [0.4, 0.5) is 4.79 Å². The predicted octanol–water partition coefficient (Wildman–Crippen LogP) is 3.23. The maximum Gasteiger partial charge on any atom is 0.407 e. The van der Waals surface area contributed by atoms with E-state index in [-0.39, 0.29) is 31.4 Å². The molecular weight excluding hydrogens is 448 g/mol. The lowest BCUT2D eigenvalue weighted by Crippen LogP contribution is -2.51. The SMILES string of the molecule is CC(C)C(C(=O)N1C[C@@H](O)C[C@H]1C(=O)O)C(C)NC(=O)OCC1c2ccccc2-c2ccccc21. The Balaban J connectivity index is 1.42. The number of carboxylic acid groups (broad SMARTS) is 1. The number of nitrogens with zero attached hydrogens (tertiary/aromatic N) is 1. The number of alkyl carbamates (subject to hydrolysis) is 1. The van der Waals surface area contributed by atoms with Gasteiger partial charge in [-0.15, -0.1) is 0 Å². The Labute approximate surface area is 204 Å². The minimum atomic E-state index is -1.14. The fourth-order valence-corrected chi connectivity index (χ4v) is 5.48. The second-order valence-corrected chi connectivity index (χ2v) is 9.76. The van der Waals surface area contributed by atoms with E-state index >= 15 is 0 Å². The van der Waals surface area contributed by atoms with Gasteiger partial charge in [0.05, 0.1) is 12.0 Å². The van der Waals surface area contributed by atoms with Crippen LogP contribution in [0.1, 0.15) is 44.2 Å². The van der Waals surface area contributed by atoms with Gasteiger partial charge >= 0.3 is 12.1 Å². The zero-order chi connectivity index (χ0) is 25.3. The average Bonchev–Trinajstić information content (AvgIpc) is 3.36. The number of aliphatic hydroxyl groups excluding tert-OH is 1.